The number of hydrogen-bond donors (Lipinski definition) is 0. The van der Waals surface area contributed by atoms with Crippen LogP contribution in [0.4, 0.5) is 0 Å². The molecule has 1 radical (unpaired) electrons. The van der Waals surface area contributed by atoms with Crippen LogP contribution in [0.3, 0.4) is 0 Å². The van der Waals surface area contributed by atoms with Crippen molar-refractivity contribution in [2.24, 2.45) is 5.41 Å². The molecule has 0 aromatic rings. The zero-order valence-electron chi connectivity index (χ0n) is 9.86. The first-order valence-electron chi connectivity index (χ1n) is 5.97. The molecule has 0 aromatic heterocycles. The lowest BCUT2D eigenvalue weighted by molar-refractivity contribution is 0.353. The smallest absolute Gasteiger partial charge is 0.0328 e. The molecule has 0 aliphatic rings. The van der Waals surface area contributed by atoms with E-state index in [1.54, 1.807) is 0 Å². The summed E-state index contributed by atoms with van der Waals surface area (Å²) in [4.78, 5) is 0. The minimum Gasteiger partial charge on any atom is -0.0654 e. The molecule has 0 bridgehead atoms. The Labute approximate surface area is 85.1 Å². The summed E-state index contributed by atoms with van der Waals surface area (Å²) < 4.78 is 0. The Bertz CT molecular complexity index is 103. The fourth-order valence-corrected chi connectivity index (χ4v) is 1.51. The molecule has 0 fully saturated rings. The van der Waals surface area contributed by atoms with Crippen molar-refractivity contribution in [1.82, 2.24) is 0 Å². The third kappa shape index (κ3) is 8.33. The Hall–Kier alpha value is 0. The van der Waals surface area contributed by atoms with Gasteiger partial charge in [0.15, 0.2) is 0 Å². The minimum atomic E-state index is 0.338. The van der Waals surface area contributed by atoms with Gasteiger partial charge in [0, 0.05) is 0 Å². The average Bonchev–Trinajstić information content (AvgIpc) is 2.11. The maximum atomic E-state index is 4.22. The van der Waals surface area contributed by atoms with Crippen LogP contribution in [0.1, 0.15) is 72.1 Å². The van der Waals surface area contributed by atoms with Crippen molar-refractivity contribution < 1.29 is 0 Å². The molecular formula is C13H27. The molecule has 0 N–H and O–H groups in total. The molecule has 0 aliphatic heterocycles. The maximum Gasteiger partial charge on any atom is -0.0328 e. The van der Waals surface area contributed by atoms with E-state index in [0.717, 1.165) is 0 Å². The number of unbranched alkanes of at least 4 members (excludes halogenated alkanes) is 5. The second-order valence-corrected chi connectivity index (χ2v) is 4.68. The second kappa shape index (κ2) is 7.41. The molecule has 0 aromatic carbocycles. The van der Waals surface area contributed by atoms with Crippen LogP contribution in [0.25, 0.3) is 0 Å². The second-order valence-electron chi connectivity index (χ2n) is 4.68. The van der Waals surface area contributed by atoms with Crippen molar-refractivity contribution in [3.05, 3.63) is 6.92 Å². The van der Waals surface area contributed by atoms with Crippen molar-refractivity contribution in [2.45, 2.75) is 72.1 Å². The first-order valence-corrected chi connectivity index (χ1v) is 5.97. The van der Waals surface area contributed by atoms with Gasteiger partial charge >= 0.3 is 0 Å². The summed E-state index contributed by atoms with van der Waals surface area (Å²) in [5, 5.41) is 0. The molecule has 0 aliphatic carbocycles. The van der Waals surface area contributed by atoms with E-state index in [-0.39, 0.29) is 0 Å². The average molecular weight is 183 g/mol. The van der Waals surface area contributed by atoms with Crippen molar-refractivity contribution in [3.63, 3.8) is 0 Å². The lowest BCUT2D eigenvalue weighted by Gasteiger charge is -2.21. The summed E-state index contributed by atoms with van der Waals surface area (Å²) in [7, 11) is 0. The monoisotopic (exact) mass is 183 g/mol. The van der Waals surface area contributed by atoms with E-state index in [9.17, 15) is 0 Å². The molecule has 1 atom stereocenters. The van der Waals surface area contributed by atoms with Gasteiger partial charge in [0.2, 0.25) is 0 Å². The molecule has 1 unspecified atom stereocenters. The summed E-state index contributed by atoms with van der Waals surface area (Å²) >= 11 is 0. The van der Waals surface area contributed by atoms with Crippen LogP contribution in [0.5, 0.6) is 0 Å². The first-order chi connectivity index (χ1) is 6.12. The minimum absolute atomic E-state index is 0.338. The quantitative estimate of drug-likeness (QED) is 0.465. The molecule has 0 saturated carbocycles. The Balaban J connectivity index is 3.16. The summed E-state index contributed by atoms with van der Waals surface area (Å²) in [6.07, 6.45) is 10.9. The molecule has 0 amide bonds. The molecule has 0 nitrogen and oxygen atoms in total. The van der Waals surface area contributed by atoms with Crippen LogP contribution in [0.2, 0.25) is 0 Å². The van der Waals surface area contributed by atoms with Crippen molar-refractivity contribution in [2.75, 3.05) is 0 Å². The number of rotatable bonds is 8. The van der Waals surface area contributed by atoms with Gasteiger partial charge in [0.25, 0.3) is 0 Å². The van der Waals surface area contributed by atoms with Crippen molar-refractivity contribution >= 4 is 0 Å². The fourth-order valence-electron chi connectivity index (χ4n) is 1.51. The van der Waals surface area contributed by atoms with Gasteiger partial charge in [-0.3, -0.25) is 0 Å². The summed E-state index contributed by atoms with van der Waals surface area (Å²) in [5.74, 6) is 0. The van der Waals surface area contributed by atoms with Gasteiger partial charge in [0.1, 0.15) is 0 Å². The van der Waals surface area contributed by atoms with E-state index in [1.165, 1.54) is 51.4 Å². The van der Waals surface area contributed by atoms with Gasteiger partial charge in [-0.1, -0.05) is 65.7 Å². The van der Waals surface area contributed by atoms with Gasteiger partial charge in [-0.25, -0.2) is 0 Å². The standard InChI is InChI=1S/C13H27/c1-5-7-8-9-10-11-12-13(3,4)6-2/h3,5-12H2,1-2,4H3. The number of hydrogen-bond acceptors (Lipinski definition) is 0. The largest absolute Gasteiger partial charge is 0.0654 e. The molecular weight excluding hydrogens is 156 g/mol. The van der Waals surface area contributed by atoms with Crippen LogP contribution >= 0.6 is 0 Å². The Morgan fingerprint density at radius 3 is 2.00 bits per heavy atom. The van der Waals surface area contributed by atoms with Crippen molar-refractivity contribution in [3.8, 4) is 0 Å². The van der Waals surface area contributed by atoms with Gasteiger partial charge in [-0.05, 0) is 18.8 Å². The Kier molecular flexibility index (Phi) is 7.41. The van der Waals surface area contributed by atoms with Crippen LogP contribution in [-0.2, 0) is 0 Å². The molecule has 0 saturated heterocycles. The zero-order chi connectivity index (χ0) is 10.2. The molecule has 79 valence electrons. The molecule has 13 heavy (non-hydrogen) atoms. The van der Waals surface area contributed by atoms with E-state index < -0.39 is 0 Å². The lowest BCUT2D eigenvalue weighted by atomic mass is 9.84. The molecule has 0 spiro atoms. The van der Waals surface area contributed by atoms with E-state index >= 15 is 0 Å². The van der Waals surface area contributed by atoms with Crippen LogP contribution in [0, 0.1) is 12.3 Å². The Morgan fingerprint density at radius 2 is 1.46 bits per heavy atom. The predicted octanol–water partition coefficient (Wildman–Crippen LogP) is 4.99. The molecule has 0 rings (SSSR count). The van der Waals surface area contributed by atoms with E-state index in [2.05, 4.69) is 27.7 Å². The summed E-state index contributed by atoms with van der Waals surface area (Å²) in [6, 6.07) is 0. The highest BCUT2D eigenvalue weighted by Crippen LogP contribution is 2.26. The third-order valence-electron chi connectivity index (χ3n) is 2.99. The Morgan fingerprint density at radius 1 is 0.923 bits per heavy atom. The fraction of sp³-hybridized carbons (Fsp3) is 0.923. The van der Waals surface area contributed by atoms with E-state index in [4.69, 9.17) is 0 Å². The highest BCUT2D eigenvalue weighted by atomic mass is 14.2. The van der Waals surface area contributed by atoms with Gasteiger partial charge < -0.3 is 0 Å². The summed E-state index contributed by atoms with van der Waals surface area (Å²) in [5.41, 5.74) is 0.338. The van der Waals surface area contributed by atoms with Crippen LogP contribution in [-0.4, -0.2) is 0 Å². The molecule has 0 heterocycles. The van der Waals surface area contributed by atoms with Gasteiger partial charge in [0.05, 0.1) is 0 Å². The SMILES string of the molecule is [CH2]C(C)(CC)CCCCCCCC. The highest BCUT2D eigenvalue weighted by Gasteiger charge is 2.13. The maximum absolute atomic E-state index is 4.22. The lowest BCUT2D eigenvalue weighted by Crippen LogP contribution is -2.09. The topological polar surface area (TPSA) is 0 Å². The van der Waals surface area contributed by atoms with E-state index in [0.29, 0.717) is 5.41 Å². The van der Waals surface area contributed by atoms with Crippen LogP contribution < -0.4 is 0 Å². The molecule has 0 heteroatoms. The van der Waals surface area contributed by atoms with E-state index in [1.807, 2.05) is 0 Å². The van der Waals surface area contributed by atoms with Crippen molar-refractivity contribution in [1.29, 1.82) is 0 Å². The zero-order valence-corrected chi connectivity index (χ0v) is 9.86. The summed E-state index contributed by atoms with van der Waals surface area (Å²) in [6.45, 7) is 11.0. The third-order valence-corrected chi connectivity index (χ3v) is 2.99. The van der Waals surface area contributed by atoms with Gasteiger partial charge in [-0.15, -0.1) is 0 Å². The van der Waals surface area contributed by atoms with Crippen LogP contribution in [0.15, 0.2) is 0 Å². The first kappa shape index (κ1) is 13.0. The normalized spacial score (nSPS) is 12.0. The predicted molar refractivity (Wildman–Crippen MR) is 61.7 cm³/mol. The van der Waals surface area contributed by atoms with Gasteiger partial charge in [-0.2, -0.15) is 0 Å². The highest BCUT2D eigenvalue weighted by molar-refractivity contribution is 4.74.